The molecule has 12 heavy (non-hydrogen) atoms. The first-order valence-corrected chi connectivity index (χ1v) is 5.49. The summed E-state index contributed by atoms with van der Waals surface area (Å²) in [5, 5.41) is 3.00. The van der Waals surface area contributed by atoms with Crippen LogP contribution < -0.4 is 5.32 Å². The minimum absolute atomic E-state index is 0.0602. The van der Waals surface area contributed by atoms with Gasteiger partial charge in [-0.25, -0.2) is 4.79 Å². The molecule has 1 N–H and O–H groups in total. The molecule has 0 aromatic carbocycles. The molecule has 1 rings (SSSR count). The Morgan fingerprint density at radius 1 is 1.75 bits per heavy atom. The maximum atomic E-state index is 11.3. The van der Waals surface area contributed by atoms with Gasteiger partial charge >= 0.3 is 6.03 Å². The summed E-state index contributed by atoms with van der Waals surface area (Å²) >= 11 is 1.91. The van der Waals surface area contributed by atoms with E-state index in [1.807, 2.05) is 25.7 Å². The summed E-state index contributed by atoms with van der Waals surface area (Å²) in [5.74, 6) is 2.25. The van der Waals surface area contributed by atoms with Crippen molar-refractivity contribution in [3.8, 4) is 0 Å². The highest BCUT2D eigenvalue weighted by Crippen LogP contribution is 2.16. The Balaban J connectivity index is 2.25. The van der Waals surface area contributed by atoms with E-state index in [2.05, 4.69) is 5.32 Å². The molecule has 70 valence electrons. The van der Waals surface area contributed by atoms with Crippen LogP contribution in [0.25, 0.3) is 0 Å². The average Bonchev–Trinajstić information content (AvgIpc) is 2.55. The topological polar surface area (TPSA) is 32.3 Å². The van der Waals surface area contributed by atoms with E-state index in [0.717, 1.165) is 18.7 Å². The summed E-state index contributed by atoms with van der Waals surface area (Å²) in [5.41, 5.74) is 0. The largest absolute Gasteiger partial charge is 0.334 e. The van der Waals surface area contributed by atoms with Crippen molar-refractivity contribution in [2.75, 3.05) is 25.1 Å². The lowest BCUT2D eigenvalue weighted by Crippen LogP contribution is -2.42. The quantitative estimate of drug-likeness (QED) is 0.705. The number of urea groups is 1. The third-order valence-corrected chi connectivity index (χ3v) is 3.24. The average molecular weight is 188 g/mol. The monoisotopic (exact) mass is 188 g/mol. The minimum Gasteiger partial charge on any atom is -0.334 e. The summed E-state index contributed by atoms with van der Waals surface area (Å²) in [7, 11) is 1.82. The van der Waals surface area contributed by atoms with Crippen LogP contribution in [0.15, 0.2) is 0 Å². The minimum atomic E-state index is 0.0602. The molecule has 0 aromatic rings. The van der Waals surface area contributed by atoms with Gasteiger partial charge in [0.1, 0.15) is 0 Å². The normalized spacial score (nSPS) is 22.3. The SMILES string of the molecule is CCN(C)C(=O)NC1CCSC1. The van der Waals surface area contributed by atoms with E-state index in [0.29, 0.717) is 6.04 Å². The van der Waals surface area contributed by atoms with E-state index in [1.54, 1.807) is 4.90 Å². The van der Waals surface area contributed by atoms with Gasteiger partial charge in [0.05, 0.1) is 0 Å². The zero-order valence-electron chi connectivity index (χ0n) is 7.67. The van der Waals surface area contributed by atoms with E-state index in [-0.39, 0.29) is 6.03 Å². The summed E-state index contributed by atoms with van der Waals surface area (Å²) < 4.78 is 0. The van der Waals surface area contributed by atoms with Crippen molar-refractivity contribution in [2.24, 2.45) is 0 Å². The predicted molar refractivity (Wildman–Crippen MR) is 52.6 cm³/mol. The molecular weight excluding hydrogens is 172 g/mol. The Bertz CT molecular complexity index is 157. The summed E-state index contributed by atoms with van der Waals surface area (Å²) in [6.07, 6.45) is 1.12. The summed E-state index contributed by atoms with van der Waals surface area (Å²) in [6.45, 7) is 2.74. The number of thioether (sulfide) groups is 1. The van der Waals surface area contributed by atoms with E-state index in [4.69, 9.17) is 0 Å². The Hall–Kier alpha value is -0.380. The zero-order valence-corrected chi connectivity index (χ0v) is 8.49. The lowest BCUT2D eigenvalue weighted by molar-refractivity contribution is 0.208. The molecule has 2 amide bonds. The van der Waals surface area contributed by atoms with Crippen LogP contribution in [0.2, 0.25) is 0 Å². The molecule has 0 spiro atoms. The number of hydrogen-bond acceptors (Lipinski definition) is 2. The molecule has 3 nitrogen and oxygen atoms in total. The Kier molecular flexibility index (Phi) is 3.72. The van der Waals surface area contributed by atoms with Gasteiger partial charge in [0.2, 0.25) is 0 Å². The smallest absolute Gasteiger partial charge is 0.317 e. The standard InChI is InChI=1S/C8H16N2OS/c1-3-10(2)8(11)9-7-4-5-12-6-7/h7H,3-6H2,1-2H3,(H,9,11). The van der Waals surface area contributed by atoms with Crippen LogP contribution in [0.1, 0.15) is 13.3 Å². The first-order valence-electron chi connectivity index (χ1n) is 4.33. The van der Waals surface area contributed by atoms with E-state index in [9.17, 15) is 4.79 Å². The maximum Gasteiger partial charge on any atom is 0.317 e. The van der Waals surface area contributed by atoms with Gasteiger partial charge in [-0.05, 0) is 19.1 Å². The van der Waals surface area contributed by atoms with E-state index >= 15 is 0 Å². The van der Waals surface area contributed by atoms with Crippen LogP contribution in [0, 0.1) is 0 Å². The Morgan fingerprint density at radius 3 is 3.00 bits per heavy atom. The predicted octanol–water partition coefficient (Wildman–Crippen LogP) is 1.15. The molecule has 1 aliphatic rings. The molecule has 0 radical (unpaired) electrons. The second-order valence-corrected chi connectivity index (χ2v) is 4.17. The first kappa shape index (κ1) is 9.71. The second kappa shape index (κ2) is 4.60. The lowest BCUT2D eigenvalue weighted by Gasteiger charge is -2.18. The molecule has 1 unspecified atom stereocenters. The fourth-order valence-corrected chi connectivity index (χ4v) is 2.23. The van der Waals surface area contributed by atoms with Gasteiger partial charge in [0, 0.05) is 25.4 Å². The van der Waals surface area contributed by atoms with Gasteiger partial charge in [0.25, 0.3) is 0 Å². The highest BCUT2D eigenvalue weighted by Gasteiger charge is 2.18. The molecule has 4 heteroatoms. The number of hydrogen-bond donors (Lipinski definition) is 1. The fraction of sp³-hybridized carbons (Fsp3) is 0.875. The van der Waals surface area contributed by atoms with Crippen LogP contribution in [-0.2, 0) is 0 Å². The molecule has 1 fully saturated rings. The molecule has 0 bridgehead atoms. The van der Waals surface area contributed by atoms with Gasteiger partial charge in [-0.3, -0.25) is 0 Å². The number of nitrogens with one attached hydrogen (secondary N) is 1. The molecule has 0 aromatic heterocycles. The highest BCUT2D eigenvalue weighted by atomic mass is 32.2. The highest BCUT2D eigenvalue weighted by molar-refractivity contribution is 7.99. The Morgan fingerprint density at radius 2 is 2.50 bits per heavy atom. The number of nitrogens with zero attached hydrogens (tertiary/aromatic N) is 1. The summed E-state index contributed by atoms with van der Waals surface area (Å²) in [4.78, 5) is 13.0. The van der Waals surface area contributed by atoms with Gasteiger partial charge in [-0.1, -0.05) is 0 Å². The number of amides is 2. The molecule has 0 saturated carbocycles. The van der Waals surface area contributed by atoms with Crippen molar-refractivity contribution in [2.45, 2.75) is 19.4 Å². The molecule has 1 atom stereocenters. The third kappa shape index (κ3) is 2.59. The fourth-order valence-electron chi connectivity index (χ4n) is 1.08. The van der Waals surface area contributed by atoms with Crippen molar-refractivity contribution < 1.29 is 4.79 Å². The second-order valence-electron chi connectivity index (χ2n) is 3.02. The van der Waals surface area contributed by atoms with Crippen LogP contribution in [-0.4, -0.2) is 42.1 Å². The summed E-state index contributed by atoms with van der Waals surface area (Å²) in [6, 6.07) is 0.460. The van der Waals surface area contributed by atoms with Gasteiger partial charge in [-0.15, -0.1) is 0 Å². The number of rotatable bonds is 2. The molecule has 1 heterocycles. The van der Waals surface area contributed by atoms with Crippen molar-refractivity contribution in [1.82, 2.24) is 10.2 Å². The molecule has 1 saturated heterocycles. The van der Waals surface area contributed by atoms with Gasteiger partial charge < -0.3 is 10.2 Å². The number of carbonyl (C=O) groups is 1. The van der Waals surface area contributed by atoms with E-state index in [1.165, 1.54) is 5.75 Å². The van der Waals surface area contributed by atoms with Crippen LogP contribution in [0.5, 0.6) is 0 Å². The molecule has 1 aliphatic heterocycles. The molecule has 0 aliphatic carbocycles. The van der Waals surface area contributed by atoms with Crippen molar-refractivity contribution in [1.29, 1.82) is 0 Å². The van der Waals surface area contributed by atoms with Crippen LogP contribution in [0.4, 0.5) is 4.79 Å². The maximum absolute atomic E-state index is 11.3. The number of carbonyl (C=O) groups excluding carboxylic acids is 1. The van der Waals surface area contributed by atoms with Gasteiger partial charge in [0.15, 0.2) is 0 Å². The lowest BCUT2D eigenvalue weighted by atomic mass is 10.3. The van der Waals surface area contributed by atoms with E-state index < -0.39 is 0 Å². The first-order chi connectivity index (χ1) is 5.74. The Labute approximate surface area is 77.9 Å². The van der Waals surface area contributed by atoms with Crippen LogP contribution >= 0.6 is 11.8 Å². The van der Waals surface area contributed by atoms with Gasteiger partial charge in [-0.2, -0.15) is 11.8 Å². The third-order valence-electron chi connectivity index (χ3n) is 2.08. The van der Waals surface area contributed by atoms with Crippen molar-refractivity contribution >= 4 is 17.8 Å². The molecular formula is C8H16N2OS. The van der Waals surface area contributed by atoms with Crippen LogP contribution in [0.3, 0.4) is 0 Å². The van der Waals surface area contributed by atoms with Crippen molar-refractivity contribution in [3.05, 3.63) is 0 Å². The van der Waals surface area contributed by atoms with Crippen molar-refractivity contribution in [3.63, 3.8) is 0 Å². The zero-order chi connectivity index (χ0) is 8.97.